The fraction of sp³-hybridized carbons (Fsp3) is 0.455. The molecule has 1 aromatic heterocycles. The van der Waals surface area contributed by atoms with Gasteiger partial charge in [0.1, 0.15) is 6.26 Å². The van der Waals surface area contributed by atoms with Crippen LogP contribution in [0.15, 0.2) is 47.1 Å². The molecule has 1 amide bonds. The maximum atomic E-state index is 12.0. The number of rotatable bonds is 9. The van der Waals surface area contributed by atoms with Gasteiger partial charge < -0.3 is 14.8 Å². The molecule has 1 aromatic carbocycles. The summed E-state index contributed by atoms with van der Waals surface area (Å²) in [6.45, 7) is 7.47. The van der Waals surface area contributed by atoms with Crippen LogP contribution in [-0.2, 0) is 6.54 Å². The normalized spacial score (nSPS) is 16.9. The van der Waals surface area contributed by atoms with Gasteiger partial charge >= 0.3 is 0 Å². The second-order valence-electron chi connectivity index (χ2n) is 7.29. The summed E-state index contributed by atoms with van der Waals surface area (Å²) in [6, 6.07) is 10.3. The van der Waals surface area contributed by atoms with Crippen molar-refractivity contribution in [1.82, 2.24) is 20.1 Å². The Bertz CT molecular complexity index is 782. The van der Waals surface area contributed by atoms with E-state index in [9.17, 15) is 9.90 Å². The molecule has 0 spiro atoms. The van der Waals surface area contributed by atoms with E-state index in [1.165, 1.54) is 11.8 Å². The number of carbonyl (C=O) groups is 1. The van der Waals surface area contributed by atoms with Crippen LogP contribution in [0.2, 0.25) is 0 Å². The van der Waals surface area contributed by atoms with Gasteiger partial charge in [0.05, 0.1) is 12.6 Å². The van der Waals surface area contributed by atoms with Gasteiger partial charge in [0.15, 0.2) is 5.69 Å². The number of carbonyl (C=O) groups excluding carboxylic acids is 1. The topological polar surface area (TPSA) is 81.8 Å². The van der Waals surface area contributed by atoms with Crippen LogP contribution in [0.1, 0.15) is 35.3 Å². The SMILES string of the molecule is CCC(O)CNC(=O)c1coc(CN2CCN(CC=Cc3ccccc3)CC2)n1. The van der Waals surface area contributed by atoms with Crippen molar-refractivity contribution in [2.75, 3.05) is 39.3 Å². The van der Waals surface area contributed by atoms with Crippen molar-refractivity contribution in [2.45, 2.75) is 26.0 Å². The largest absolute Gasteiger partial charge is 0.447 e. The Hall–Kier alpha value is -2.48. The fourth-order valence-corrected chi connectivity index (χ4v) is 3.16. The van der Waals surface area contributed by atoms with E-state index in [0.717, 1.165) is 32.7 Å². The lowest BCUT2D eigenvalue weighted by atomic mass is 10.2. The summed E-state index contributed by atoms with van der Waals surface area (Å²) in [7, 11) is 0. The van der Waals surface area contributed by atoms with E-state index >= 15 is 0 Å². The average molecular weight is 399 g/mol. The number of aliphatic hydroxyl groups excluding tert-OH is 1. The Labute approximate surface area is 172 Å². The van der Waals surface area contributed by atoms with Gasteiger partial charge in [-0.15, -0.1) is 0 Å². The van der Waals surface area contributed by atoms with Gasteiger partial charge in [0, 0.05) is 39.3 Å². The number of nitrogens with zero attached hydrogens (tertiary/aromatic N) is 3. The molecule has 0 radical (unpaired) electrons. The van der Waals surface area contributed by atoms with Crippen molar-refractivity contribution in [1.29, 1.82) is 0 Å². The Balaban J connectivity index is 1.39. The summed E-state index contributed by atoms with van der Waals surface area (Å²) in [5, 5.41) is 12.2. The molecule has 7 heteroatoms. The first kappa shape index (κ1) is 21.2. The predicted octanol–water partition coefficient (Wildman–Crippen LogP) is 2.01. The molecule has 2 N–H and O–H groups in total. The molecule has 3 rings (SSSR count). The zero-order valence-electron chi connectivity index (χ0n) is 17.0. The van der Waals surface area contributed by atoms with E-state index in [-0.39, 0.29) is 18.1 Å². The number of hydrogen-bond donors (Lipinski definition) is 2. The smallest absolute Gasteiger partial charge is 0.273 e. The molecule has 1 atom stereocenters. The molecule has 1 unspecified atom stereocenters. The van der Waals surface area contributed by atoms with Crippen LogP contribution in [0.25, 0.3) is 6.08 Å². The summed E-state index contributed by atoms with van der Waals surface area (Å²) < 4.78 is 5.46. The van der Waals surface area contributed by atoms with Crippen molar-refractivity contribution in [3.63, 3.8) is 0 Å². The third-order valence-electron chi connectivity index (χ3n) is 5.05. The first-order chi connectivity index (χ1) is 14.1. The van der Waals surface area contributed by atoms with Gasteiger partial charge in [0.2, 0.25) is 5.89 Å². The molecule has 1 aliphatic heterocycles. The summed E-state index contributed by atoms with van der Waals surface area (Å²) in [6.07, 6.45) is 5.81. The van der Waals surface area contributed by atoms with Gasteiger partial charge in [-0.2, -0.15) is 0 Å². The molecule has 2 heterocycles. The minimum Gasteiger partial charge on any atom is -0.447 e. The van der Waals surface area contributed by atoms with Crippen molar-refractivity contribution in [2.24, 2.45) is 0 Å². The highest BCUT2D eigenvalue weighted by Gasteiger charge is 2.19. The van der Waals surface area contributed by atoms with E-state index in [2.05, 4.69) is 44.4 Å². The van der Waals surface area contributed by atoms with Crippen molar-refractivity contribution in [3.05, 3.63) is 59.8 Å². The number of oxazole rings is 1. The van der Waals surface area contributed by atoms with E-state index < -0.39 is 6.10 Å². The van der Waals surface area contributed by atoms with Crippen LogP contribution in [0.4, 0.5) is 0 Å². The van der Waals surface area contributed by atoms with Crippen molar-refractivity contribution < 1.29 is 14.3 Å². The zero-order valence-corrected chi connectivity index (χ0v) is 17.0. The van der Waals surface area contributed by atoms with Crippen molar-refractivity contribution in [3.8, 4) is 0 Å². The lowest BCUT2D eigenvalue weighted by molar-refractivity contribution is 0.0908. The highest BCUT2D eigenvalue weighted by atomic mass is 16.3. The number of nitrogens with one attached hydrogen (secondary N) is 1. The standard InChI is InChI=1S/C22H30N4O3/c1-2-19(27)15-23-22(28)20-17-29-21(24-20)16-26-13-11-25(12-14-26)10-6-9-18-7-4-3-5-8-18/h3-9,17,19,27H,2,10-16H2,1H3,(H,23,28). The van der Waals surface area contributed by atoms with Gasteiger partial charge in [-0.25, -0.2) is 4.98 Å². The molecule has 0 saturated carbocycles. The molecular weight excluding hydrogens is 368 g/mol. The highest BCUT2D eigenvalue weighted by molar-refractivity contribution is 5.91. The molecule has 7 nitrogen and oxygen atoms in total. The Morgan fingerprint density at radius 1 is 1.24 bits per heavy atom. The number of benzene rings is 1. The van der Waals surface area contributed by atoms with Crippen LogP contribution in [0, 0.1) is 0 Å². The lowest BCUT2D eigenvalue weighted by Gasteiger charge is -2.33. The lowest BCUT2D eigenvalue weighted by Crippen LogP contribution is -2.45. The molecular formula is C22H30N4O3. The molecule has 29 heavy (non-hydrogen) atoms. The average Bonchev–Trinajstić information content (AvgIpc) is 3.22. The van der Waals surface area contributed by atoms with Crippen LogP contribution < -0.4 is 5.32 Å². The van der Waals surface area contributed by atoms with Gasteiger partial charge in [-0.1, -0.05) is 49.4 Å². The van der Waals surface area contributed by atoms with E-state index in [1.807, 2.05) is 25.1 Å². The Kier molecular flexibility index (Phi) is 7.98. The summed E-state index contributed by atoms with van der Waals surface area (Å²) in [4.78, 5) is 21.0. The summed E-state index contributed by atoms with van der Waals surface area (Å²) >= 11 is 0. The van der Waals surface area contributed by atoms with Gasteiger partial charge in [-0.3, -0.25) is 14.6 Å². The second kappa shape index (κ2) is 10.9. The number of hydrogen-bond acceptors (Lipinski definition) is 6. The zero-order chi connectivity index (χ0) is 20.5. The summed E-state index contributed by atoms with van der Waals surface area (Å²) in [5.41, 5.74) is 1.48. The first-order valence-corrected chi connectivity index (χ1v) is 10.2. The first-order valence-electron chi connectivity index (χ1n) is 10.2. The van der Waals surface area contributed by atoms with E-state index in [4.69, 9.17) is 4.42 Å². The maximum Gasteiger partial charge on any atom is 0.273 e. The minimum atomic E-state index is -0.538. The molecule has 1 saturated heterocycles. The maximum absolute atomic E-state index is 12.0. The molecule has 156 valence electrons. The number of aromatic nitrogens is 1. The quantitative estimate of drug-likeness (QED) is 0.672. The fourth-order valence-electron chi connectivity index (χ4n) is 3.16. The van der Waals surface area contributed by atoms with Crippen molar-refractivity contribution >= 4 is 12.0 Å². The number of amides is 1. The van der Waals surface area contributed by atoms with Crippen LogP contribution in [0.5, 0.6) is 0 Å². The van der Waals surface area contributed by atoms with Crippen LogP contribution >= 0.6 is 0 Å². The number of aliphatic hydroxyl groups is 1. The van der Waals surface area contributed by atoms with E-state index in [1.54, 1.807) is 0 Å². The third kappa shape index (κ3) is 6.81. The third-order valence-corrected chi connectivity index (χ3v) is 5.05. The Morgan fingerprint density at radius 3 is 2.69 bits per heavy atom. The van der Waals surface area contributed by atoms with E-state index in [0.29, 0.717) is 18.9 Å². The summed E-state index contributed by atoms with van der Waals surface area (Å²) in [5.74, 6) is 0.228. The second-order valence-corrected chi connectivity index (χ2v) is 7.29. The molecule has 0 aliphatic carbocycles. The highest BCUT2D eigenvalue weighted by Crippen LogP contribution is 2.10. The number of piperazine rings is 1. The molecule has 0 bridgehead atoms. The minimum absolute atomic E-state index is 0.220. The monoisotopic (exact) mass is 398 g/mol. The molecule has 2 aromatic rings. The molecule has 1 aliphatic rings. The Morgan fingerprint density at radius 2 is 1.97 bits per heavy atom. The van der Waals surface area contributed by atoms with Crippen LogP contribution in [0.3, 0.4) is 0 Å². The van der Waals surface area contributed by atoms with Gasteiger partial charge in [0.25, 0.3) is 5.91 Å². The van der Waals surface area contributed by atoms with Crippen LogP contribution in [-0.4, -0.2) is 71.2 Å². The van der Waals surface area contributed by atoms with Gasteiger partial charge in [-0.05, 0) is 12.0 Å². The predicted molar refractivity (Wildman–Crippen MR) is 112 cm³/mol. The molecule has 1 fully saturated rings.